The maximum Gasteiger partial charge on any atom is 0.411 e. The maximum atomic E-state index is 13.4. The molecule has 0 spiro atoms. The minimum absolute atomic E-state index is 0.0186. The number of hydrogen-bond acceptors (Lipinski definition) is 5. The lowest BCUT2D eigenvalue weighted by molar-refractivity contribution is -0.247. The molecule has 170 valence electrons. The number of methoxy groups -OCH3 is 2. The van der Waals surface area contributed by atoms with Crippen LogP contribution in [0.4, 0.5) is 4.79 Å². The van der Waals surface area contributed by atoms with E-state index < -0.39 is 17.2 Å². The van der Waals surface area contributed by atoms with E-state index in [0.717, 1.165) is 44.9 Å². The molecule has 0 aromatic heterocycles. The maximum absolute atomic E-state index is 13.4. The van der Waals surface area contributed by atoms with Crippen LogP contribution in [0.3, 0.4) is 0 Å². The van der Waals surface area contributed by atoms with E-state index in [2.05, 4.69) is 0 Å². The van der Waals surface area contributed by atoms with E-state index in [4.69, 9.17) is 9.47 Å². The van der Waals surface area contributed by atoms with Crippen LogP contribution >= 0.6 is 0 Å². The number of aliphatic hydroxyl groups excluding tert-OH is 1. The molecule has 4 fully saturated rings. The molecule has 0 aromatic rings. The monoisotopic (exact) mass is 422 g/mol. The smallest absolute Gasteiger partial charge is 0.411 e. The number of carbonyl (C=O) groups excluding carboxylic acids is 2. The first-order chi connectivity index (χ1) is 14.5. The van der Waals surface area contributed by atoms with Crippen LogP contribution in [0.5, 0.6) is 0 Å². The van der Waals surface area contributed by atoms with E-state index in [-0.39, 0.29) is 30.4 Å². The lowest BCUT2D eigenvalue weighted by Gasteiger charge is -2.62. The molecule has 30 heavy (non-hydrogen) atoms. The quantitative estimate of drug-likeness (QED) is 0.740. The molecule has 3 aliphatic heterocycles. The van der Waals surface area contributed by atoms with Crippen molar-refractivity contribution in [3.63, 3.8) is 0 Å². The van der Waals surface area contributed by atoms with Crippen molar-refractivity contribution in [2.75, 3.05) is 33.9 Å². The summed E-state index contributed by atoms with van der Waals surface area (Å²) < 4.78 is 11.4. The Kier molecular flexibility index (Phi) is 6.31. The average Bonchev–Trinajstić information content (AvgIpc) is 3.02. The van der Waals surface area contributed by atoms with Crippen molar-refractivity contribution in [3.8, 4) is 0 Å². The van der Waals surface area contributed by atoms with E-state index in [1.54, 1.807) is 12.0 Å². The highest BCUT2D eigenvalue weighted by molar-refractivity contribution is 5.77. The van der Waals surface area contributed by atoms with Crippen LogP contribution in [0, 0.1) is 17.3 Å². The molecule has 1 aliphatic carbocycles. The van der Waals surface area contributed by atoms with Gasteiger partial charge in [0.1, 0.15) is 0 Å². The summed E-state index contributed by atoms with van der Waals surface area (Å²) in [5, 5.41) is 10.8. The zero-order valence-electron chi connectivity index (χ0n) is 18.6. The highest BCUT2D eigenvalue weighted by Gasteiger charge is 2.72. The van der Waals surface area contributed by atoms with Crippen LogP contribution < -0.4 is 0 Å². The molecule has 1 saturated carbocycles. The van der Waals surface area contributed by atoms with E-state index in [0.29, 0.717) is 19.5 Å². The minimum Gasteiger partial charge on any atom is -0.453 e. The van der Waals surface area contributed by atoms with Crippen LogP contribution in [0.1, 0.15) is 70.6 Å². The minimum atomic E-state index is -0.910. The molecule has 0 aromatic carbocycles. The van der Waals surface area contributed by atoms with Gasteiger partial charge >= 0.3 is 6.09 Å². The Hall–Kier alpha value is -1.34. The summed E-state index contributed by atoms with van der Waals surface area (Å²) in [6.45, 7) is 1.28. The fourth-order valence-corrected chi connectivity index (χ4v) is 7.29. The van der Waals surface area contributed by atoms with Gasteiger partial charge in [-0.15, -0.1) is 0 Å². The Labute approximate surface area is 180 Å². The Morgan fingerprint density at radius 2 is 1.83 bits per heavy atom. The van der Waals surface area contributed by atoms with Gasteiger partial charge in [-0.3, -0.25) is 9.69 Å². The van der Waals surface area contributed by atoms with E-state index in [1.165, 1.54) is 26.4 Å². The summed E-state index contributed by atoms with van der Waals surface area (Å²) >= 11 is 0. The summed E-state index contributed by atoms with van der Waals surface area (Å²) in [6.07, 6.45) is 10.5. The second-order valence-corrected chi connectivity index (χ2v) is 9.88. The summed E-state index contributed by atoms with van der Waals surface area (Å²) in [5.41, 5.74) is -1.35. The van der Waals surface area contributed by atoms with Gasteiger partial charge in [-0.1, -0.05) is 38.5 Å². The molecular formula is C23H38N2O5. The highest BCUT2D eigenvalue weighted by Crippen LogP contribution is 2.62. The van der Waals surface area contributed by atoms with Crippen LogP contribution in [0.25, 0.3) is 0 Å². The van der Waals surface area contributed by atoms with Gasteiger partial charge in [-0.2, -0.15) is 0 Å². The summed E-state index contributed by atoms with van der Waals surface area (Å²) in [6, 6.07) is -0.329. The third-order valence-electron chi connectivity index (χ3n) is 8.50. The topological polar surface area (TPSA) is 79.3 Å². The highest BCUT2D eigenvalue weighted by atomic mass is 16.6. The zero-order valence-corrected chi connectivity index (χ0v) is 18.6. The Morgan fingerprint density at radius 1 is 1.13 bits per heavy atom. The van der Waals surface area contributed by atoms with Crippen molar-refractivity contribution >= 4 is 12.0 Å². The van der Waals surface area contributed by atoms with E-state index in [1.807, 2.05) is 4.90 Å². The second-order valence-electron chi connectivity index (χ2n) is 9.88. The fourth-order valence-electron chi connectivity index (χ4n) is 7.29. The van der Waals surface area contributed by atoms with Crippen LogP contribution in [0.15, 0.2) is 0 Å². The molecule has 3 saturated heterocycles. The molecule has 0 radical (unpaired) electrons. The van der Waals surface area contributed by atoms with Crippen molar-refractivity contribution in [1.82, 2.24) is 9.80 Å². The molecule has 7 heteroatoms. The van der Waals surface area contributed by atoms with Crippen LogP contribution in [-0.2, 0) is 14.3 Å². The van der Waals surface area contributed by atoms with Gasteiger partial charge in [-0.25, -0.2) is 4.79 Å². The molecule has 1 N–H and O–H groups in total. The predicted octanol–water partition coefficient (Wildman–Crippen LogP) is 3.15. The van der Waals surface area contributed by atoms with Gasteiger partial charge in [0.05, 0.1) is 19.8 Å². The largest absolute Gasteiger partial charge is 0.453 e. The summed E-state index contributed by atoms with van der Waals surface area (Å²) in [4.78, 5) is 30.0. The predicted molar refractivity (Wildman–Crippen MR) is 112 cm³/mol. The van der Waals surface area contributed by atoms with E-state index >= 15 is 0 Å². The first-order valence-corrected chi connectivity index (χ1v) is 11.8. The number of likely N-dealkylation sites (tertiary alicyclic amines) is 1. The lowest BCUT2D eigenvalue weighted by Crippen LogP contribution is -2.75. The summed E-state index contributed by atoms with van der Waals surface area (Å²) in [7, 11) is 3.06. The summed E-state index contributed by atoms with van der Waals surface area (Å²) in [5.74, 6) is 0.577. The Balaban J connectivity index is 1.80. The van der Waals surface area contributed by atoms with Gasteiger partial charge in [0.15, 0.2) is 5.72 Å². The van der Waals surface area contributed by atoms with Crippen LogP contribution in [0.2, 0.25) is 0 Å². The molecule has 5 atom stereocenters. The molecule has 4 aliphatic rings. The van der Waals surface area contributed by atoms with Crippen LogP contribution in [-0.4, -0.2) is 72.6 Å². The van der Waals surface area contributed by atoms with Crippen molar-refractivity contribution in [3.05, 3.63) is 0 Å². The van der Waals surface area contributed by atoms with Gasteiger partial charge in [-0.05, 0) is 31.6 Å². The van der Waals surface area contributed by atoms with Gasteiger partial charge in [0.25, 0.3) is 0 Å². The SMILES string of the molecule is COC(=O)N1C[C@H]2C[C@]3(CO)CCCCCCCCCC(=O)N4CC[C@H]2[C@]1(OC)[C@@H]43. The van der Waals surface area contributed by atoms with Gasteiger partial charge in [0, 0.05) is 38.0 Å². The zero-order chi connectivity index (χ0) is 21.4. The number of amides is 2. The molecule has 3 heterocycles. The second kappa shape index (κ2) is 8.65. The number of rotatable bonds is 2. The normalized spacial score (nSPS) is 39.7. The average molecular weight is 423 g/mol. The van der Waals surface area contributed by atoms with Crippen molar-refractivity contribution < 1.29 is 24.2 Å². The number of ether oxygens (including phenoxy) is 2. The first-order valence-electron chi connectivity index (χ1n) is 11.8. The lowest BCUT2D eigenvalue weighted by atomic mass is 9.56. The molecule has 4 rings (SSSR count). The third kappa shape index (κ3) is 3.24. The Bertz CT molecular complexity index is 658. The standard InChI is InChI=1S/C23H38N2O5/c1-29-21(28)25-15-17-14-22(16-26)12-9-7-5-3-4-6-8-10-19(27)24-13-11-18(17)23(25,30-2)20(22)24/h17-18,20,26H,3-16H2,1-2H3/t17-,18-,20+,22+,23+/m1/s1. The van der Waals surface area contributed by atoms with Crippen molar-refractivity contribution in [2.24, 2.45) is 17.3 Å². The molecular weight excluding hydrogens is 384 g/mol. The number of nitrogens with zero attached hydrogens (tertiary/aromatic N) is 2. The molecule has 0 unspecified atom stereocenters. The Morgan fingerprint density at radius 3 is 2.50 bits per heavy atom. The van der Waals surface area contributed by atoms with Crippen molar-refractivity contribution in [1.29, 1.82) is 0 Å². The number of hydrogen-bond donors (Lipinski definition) is 1. The first kappa shape index (κ1) is 21.9. The van der Waals surface area contributed by atoms with Gasteiger partial charge in [0.2, 0.25) is 5.91 Å². The van der Waals surface area contributed by atoms with Crippen molar-refractivity contribution in [2.45, 2.75) is 82.4 Å². The molecule has 4 bridgehead atoms. The third-order valence-corrected chi connectivity index (χ3v) is 8.50. The number of carbonyl (C=O) groups is 2. The van der Waals surface area contributed by atoms with Gasteiger partial charge < -0.3 is 19.5 Å². The number of piperidine rings is 1. The molecule has 7 nitrogen and oxygen atoms in total. The molecule has 2 amide bonds. The number of aliphatic hydroxyl groups is 1. The fraction of sp³-hybridized carbons (Fsp3) is 0.913. The van der Waals surface area contributed by atoms with E-state index in [9.17, 15) is 14.7 Å².